The van der Waals surface area contributed by atoms with Gasteiger partial charge in [0.15, 0.2) is 0 Å². The molecule has 0 aliphatic rings. The van der Waals surface area contributed by atoms with E-state index >= 15 is 0 Å². The van der Waals surface area contributed by atoms with Crippen molar-refractivity contribution in [3.63, 3.8) is 0 Å². The molecule has 3 nitrogen and oxygen atoms in total. The third kappa shape index (κ3) is 4.53. The van der Waals surface area contributed by atoms with Crippen LogP contribution in [0.2, 0.25) is 0 Å². The summed E-state index contributed by atoms with van der Waals surface area (Å²) >= 11 is 3.61. The molecule has 0 spiro atoms. The van der Waals surface area contributed by atoms with Gasteiger partial charge in [0.2, 0.25) is 0 Å². The van der Waals surface area contributed by atoms with E-state index in [9.17, 15) is 0 Å². The Bertz CT molecular complexity index is 973. The molecule has 0 N–H and O–H groups in total. The molecular weight excluding hydrogens is 416 g/mol. The minimum atomic E-state index is 0.602. The minimum Gasteiger partial charge on any atom is -0.457 e. The fourth-order valence-electron chi connectivity index (χ4n) is 2.61. The molecule has 0 fully saturated rings. The van der Waals surface area contributed by atoms with Crippen molar-refractivity contribution >= 4 is 15.9 Å². The molecule has 0 saturated heterocycles. The van der Waals surface area contributed by atoms with Gasteiger partial charge in [-0.05, 0) is 52.3 Å². The van der Waals surface area contributed by atoms with E-state index < -0.39 is 0 Å². The van der Waals surface area contributed by atoms with Crippen LogP contribution in [0.4, 0.5) is 0 Å². The van der Waals surface area contributed by atoms with Crippen molar-refractivity contribution < 1.29 is 14.2 Å². The summed E-state index contributed by atoms with van der Waals surface area (Å²) < 4.78 is 18.8. The first-order chi connectivity index (χ1) is 13.8. The first-order valence-corrected chi connectivity index (χ1v) is 9.59. The normalized spacial score (nSPS) is 10.3. The quantitative estimate of drug-likeness (QED) is 0.310. The summed E-state index contributed by atoms with van der Waals surface area (Å²) in [5.74, 6) is 4.01. The average Bonchev–Trinajstić information content (AvgIpc) is 2.74. The zero-order valence-electron chi connectivity index (χ0n) is 14.9. The average molecular weight is 433 g/mol. The largest absolute Gasteiger partial charge is 0.457 e. The Balaban J connectivity index is 1.71. The van der Waals surface area contributed by atoms with Gasteiger partial charge in [0, 0.05) is 12.1 Å². The van der Waals surface area contributed by atoms with Crippen molar-refractivity contribution in [2.45, 2.75) is 0 Å². The highest BCUT2D eigenvalue weighted by Crippen LogP contribution is 2.43. The predicted molar refractivity (Wildman–Crippen MR) is 114 cm³/mol. The highest BCUT2D eigenvalue weighted by Gasteiger charge is 2.14. The van der Waals surface area contributed by atoms with Crippen molar-refractivity contribution in [2.75, 3.05) is 0 Å². The molecule has 0 aromatic heterocycles. The molecule has 0 atom stereocenters. The van der Waals surface area contributed by atoms with Gasteiger partial charge in [0.1, 0.15) is 39.0 Å². The Morgan fingerprint density at radius 1 is 0.429 bits per heavy atom. The molecule has 4 aromatic rings. The number of ether oxygens (including phenoxy) is 3. The van der Waals surface area contributed by atoms with Crippen LogP contribution in [0.1, 0.15) is 0 Å². The van der Waals surface area contributed by atoms with Gasteiger partial charge in [-0.3, -0.25) is 0 Å². The van der Waals surface area contributed by atoms with Crippen LogP contribution in [-0.2, 0) is 0 Å². The van der Waals surface area contributed by atoms with Crippen LogP contribution in [0.25, 0.3) is 0 Å². The smallest absolute Gasteiger partial charge is 0.149 e. The molecule has 0 aliphatic carbocycles. The molecule has 0 radical (unpaired) electrons. The lowest BCUT2D eigenvalue weighted by atomic mass is 10.2. The van der Waals surface area contributed by atoms with Crippen LogP contribution in [0.3, 0.4) is 0 Å². The molecule has 28 heavy (non-hydrogen) atoms. The lowest BCUT2D eigenvalue weighted by molar-refractivity contribution is 0.435. The molecule has 4 rings (SSSR count). The number of halogens is 1. The standard InChI is InChI=1S/C24H17BrO3/c25-24-22(27-19-12-6-2-7-13-19)16-21(26-18-10-4-1-5-11-18)17-23(24)28-20-14-8-3-9-15-20/h1-17H. The summed E-state index contributed by atoms with van der Waals surface area (Å²) in [5, 5.41) is 0. The lowest BCUT2D eigenvalue weighted by Crippen LogP contribution is -1.92. The zero-order valence-corrected chi connectivity index (χ0v) is 16.5. The van der Waals surface area contributed by atoms with Gasteiger partial charge < -0.3 is 14.2 Å². The van der Waals surface area contributed by atoms with Crippen LogP contribution in [0.5, 0.6) is 34.5 Å². The first-order valence-electron chi connectivity index (χ1n) is 8.80. The van der Waals surface area contributed by atoms with Gasteiger partial charge in [-0.25, -0.2) is 0 Å². The number of hydrogen-bond donors (Lipinski definition) is 0. The second kappa shape index (κ2) is 8.63. The van der Waals surface area contributed by atoms with E-state index in [1.807, 2.05) is 103 Å². The van der Waals surface area contributed by atoms with Gasteiger partial charge in [-0.15, -0.1) is 0 Å². The van der Waals surface area contributed by atoms with Crippen LogP contribution in [-0.4, -0.2) is 0 Å². The van der Waals surface area contributed by atoms with Gasteiger partial charge in [0.25, 0.3) is 0 Å². The summed E-state index contributed by atoms with van der Waals surface area (Å²) in [6.07, 6.45) is 0. The highest BCUT2D eigenvalue weighted by molar-refractivity contribution is 9.10. The molecule has 0 amide bonds. The molecule has 0 saturated carbocycles. The SMILES string of the molecule is Brc1c(Oc2ccccc2)cc(Oc2ccccc2)cc1Oc1ccccc1. The molecule has 0 aliphatic heterocycles. The predicted octanol–water partition coefficient (Wildman–Crippen LogP) is 7.83. The fraction of sp³-hybridized carbons (Fsp3) is 0. The summed E-state index contributed by atoms with van der Waals surface area (Å²) in [4.78, 5) is 0. The van der Waals surface area contributed by atoms with E-state index in [0.29, 0.717) is 21.7 Å². The second-order valence-corrected chi connectivity index (χ2v) is 6.77. The molecular formula is C24H17BrO3. The minimum absolute atomic E-state index is 0.602. The van der Waals surface area contributed by atoms with Gasteiger partial charge in [-0.1, -0.05) is 54.6 Å². The Hall–Kier alpha value is -3.24. The number of rotatable bonds is 6. The van der Waals surface area contributed by atoms with Gasteiger partial charge in [-0.2, -0.15) is 0 Å². The van der Waals surface area contributed by atoms with Crippen LogP contribution in [0, 0.1) is 0 Å². The van der Waals surface area contributed by atoms with E-state index in [4.69, 9.17) is 14.2 Å². The van der Waals surface area contributed by atoms with Crippen molar-refractivity contribution in [1.29, 1.82) is 0 Å². The van der Waals surface area contributed by atoms with Crippen LogP contribution >= 0.6 is 15.9 Å². The van der Waals surface area contributed by atoms with E-state index in [0.717, 1.165) is 17.2 Å². The highest BCUT2D eigenvalue weighted by atomic mass is 79.9. The third-order valence-electron chi connectivity index (χ3n) is 3.90. The maximum atomic E-state index is 6.06. The second-order valence-electron chi connectivity index (χ2n) is 5.98. The van der Waals surface area contributed by atoms with Crippen molar-refractivity contribution in [2.24, 2.45) is 0 Å². The van der Waals surface area contributed by atoms with Gasteiger partial charge >= 0.3 is 0 Å². The fourth-order valence-corrected chi connectivity index (χ4v) is 3.00. The molecule has 0 bridgehead atoms. The monoisotopic (exact) mass is 432 g/mol. The number of hydrogen-bond acceptors (Lipinski definition) is 3. The van der Waals surface area contributed by atoms with Crippen molar-refractivity contribution in [3.05, 3.63) is 108 Å². The molecule has 138 valence electrons. The zero-order chi connectivity index (χ0) is 19.2. The molecule has 4 heteroatoms. The maximum Gasteiger partial charge on any atom is 0.149 e. The summed E-state index contributed by atoms with van der Waals surface area (Å²) in [7, 11) is 0. The van der Waals surface area contributed by atoms with Gasteiger partial charge in [0.05, 0.1) is 0 Å². The summed E-state index contributed by atoms with van der Waals surface area (Å²) in [5.41, 5.74) is 0. The number of para-hydroxylation sites is 3. The topological polar surface area (TPSA) is 27.7 Å². The lowest BCUT2D eigenvalue weighted by Gasteiger charge is -2.15. The Kier molecular flexibility index (Phi) is 5.59. The maximum absolute atomic E-state index is 6.06. The molecule has 4 aromatic carbocycles. The Labute approximate surface area is 172 Å². The van der Waals surface area contributed by atoms with Crippen LogP contribution in [0.15, 0.2) is 108 Å². The summed E-state index contributed by atoms with van der Waals surface area (Å²) in [6, 6.07) is 32.5. The molecule has 0 unspecified atom stereocenters. The van der Waals surface area contributed by atoms with E-state index in [-0.39, 0.29) is 0 Å². The van der Waals surface area contributed by atoms with Crippen molar-refractivity contribution in [3.8, 4) is 34.5 Å². The third-order valence-corrected chi connectivity index (χ3v) is 4.68. The number of benzene rings is 4. The van der Waals surface area contributed by atoms with E-state index in [1.165, 1.54) is 0 Å². The first kappa shape index (κ1) is 18.1. The Morgan fingerprint density at radius 2 is 0.786 bits per heavy atom. The summed E-state index contributed by atoms with van der Waals surface area (Å²) in [6.45, 7) is 0. The Morgan fingerprint density at radius 3 is 1.18 bits per heavy atom. The molecule has 0 heterocycles. The van der Waals surface area contributed by atoms with Crippen LogP contribution < -0.4 is 14.2 Å². The van der Waals surface area contributed by atoms with E-state index in [2.05, 4.69) is 15.9 Å². The van der Waals surface area contributed by atoms with E-state index in [1.54, 1.807) is 0 Å². The van der Waals surface area contributed by atoms with Crippen molar-refractivity contribution in [1.82, 2.24) is 0 Å².